The third-order valence-electron chi connectivity index (χ3n) is 3.00. The summed E-state index contributed by atoms with van der Waals surface area (Å²) in [5.74, 6) is -0.730. The SMILES string of the molecule is CCCC(CNC(=O)c1cccc(CSC)c1)C(=O)O. The minimum Gasteiger partial charge on any atom is -0.481 e. The highest BCUT2D eigenvalue weighted by Gasteiger charge is 2.17. The molecule has 2 N–H and O–H groups in total. The van der Waals surface area contributed by atoms with E-state index in [0.717, 1.165) is 17.7 Å². The van der Waals surface area contributed by atoms with Crippen molar-refractivity contribution < 1.29 is 14.7 Å². The van der Waals surface area contributed by atoms with Crippen LogP contribution in [0.5, 0.6) is 0 Å². The van der Waals surface area contributed by atoms with E-state index < -0.39 is 11.9 Å². The number of rotatable bonds is 8. The van der Waals surface area contributed by atoms with Crippen LogP contribution >= 0.6 is 11.8 Å². The molecule has 0 aromatic heterocycles. The zero-order chi connectivity index (χ0) is 15.0. The van der Waals surface area contributed by atoms with E-state index in [1.54, 1.807) is 17.8 Å². The maximum atomic E-state index is 12.0. The van der Waals surface area contributed by atoms with E-state index >= 15 is 0 Å². The highest BCUT2D eigenvalue weighted by Crippen LogP contribution is 2.12. The van der Waals surface area contributed by atoms with Gasteiger partial charge in [-0.15, -0.1) is 0 Å². The van der Waals surface area contributed by atoms with Crippen molar-refractivity contribution in [2.24, 2.45) is 5.92 Å². The Kier molecular flexibility index (Phi) is 7.15. The summed E-state index contributed by atoms with van der Waals surface area (Å²) in [6.45, 7) is 2.11. The molecule has 1 atom stereocenters. The normalized spacial score (nSPS) is 11.9. The minimum atomic E-state index is -0.858. The van der Waals surface area contributed by atoms with E-state index in [9.17, 15) is 9.59 Å². The van der Waals surface area contributed by atoms with Gasteiger partial charge in [0.2, 0.25) is 0 Å². The summed E-state index contributed by atoms with van der Waals surface area (Å²) in [6, 6.07) is 7.42. The Labute approximate surface area is 124 Å². The van der Waals surface area contributed by atoms with Crippen molar-refractivity contribution in [1.82, 2.24) is 5.32 Å². The molecular weight excluding hydrogens is 274 g/mol. The van der Waals surface area contributed by atoms with Crippen molar-refractivity contribution in [3.63, 3.8) is 0 Å². The third-order valence-corrected chi connectivity index (χ3v) is 3.62. The quantitative estimate of drug-likeness (QED) is 0.774. The molecule has 20 heavy (non-hydrogen) atoms. The highest BCUT2D eigenvalue weighted by atomic mass is 32.2. The van der Waals surface area contributed by atoms with Gasteiger partial charge in [0.05, 0.1) is 5.92 Å². The molecule has 0 heterocycles. The molecule has 1 unspecified atom stereocenters. The Morgan fingerprint density at radius 3 is 2.75 bits per heavy atom. The van der Waals surface area contributed by atoms with Crippen LogP contribution in [0.15, 0.2) is 24.3 Å². The summed E-state index contributed by atoms with van der Waals surface area (Å²) in [4.78, 5) is 23.0. The topological polar surface area (TPSA) is 66.4 Å². The Morgan fingerprint density at radius 2 is 2.15 bits per heavy atom. The second-order valence-electron chi connectivity index (χ2n) is 4.67. The van der Waals surface area contributed by atoms with E-state index in [1.165, 1.54) is 0 Å². The summed E-state index contributed by atoms with van der Waals surface area (Å²) >= 11 is 1.69. The van der Waals surface area contributed by atoms with Crippen LogP contribution in [-0.4, -0.2) is 29.8 Å². The molecule has 0 radical (unpaired) electrons. The zero-order valence-corrected chi connectivity index (χ0v) is 12.7. The average molecular weight is 295 g/mol. The lowest BCUT2D eigenvalue weighted by atomic mass is 10.0. The van der Waals surface area contributed by atoms with Gasteiger partial charge in [-0.25, -0.2) is 0 Å². The van der Waals surface area contributed by atoms with Gasteiger partial charge in [0.15, 0.2) is 0 Å². The van der Waals surface area contributed by atoms with Crippen LogP contribution in [0.3, 0.4) is 0 Å². The van der Waals surface area contributed by atoms with Crippen molar-refractivity contribution in [2.75, 3.05) is 12.8 Å². The van der Waals surface area contributed by atoms with E-state index in [-0.39, 0.29) is 12.5 Å². The van der Waals surface area contributed by atoms with Gasteiger partial charge >= 0.3 is 5.97 Å². The number of hydrogen-bond acceptors (Lipinski definition) is 3. The van der Waals surface area contributed by atoms with Gasteiger partial charge in [0, 0.05) is 17.9 Å². The maximum absolute atomic E-state index is 12.0. The number of amides is 1. The van der Waals surface area contributed by atoms with Crippen LogP contribution in [-0.2, 0) is 10.5 Å². The number of thioether (sulfide) groups is 1. The number of hydrogen-bond donors (Lipinski definition) is 2. The molecule has 110 valence electrons. The molecule has 1 rings (SSSR count). The van der Waals surface area contributed by atoms with Crippen LogP contribution in [0.1, 0.15) is 35.7 Å². The summed E-state index contributed by atoms with van der Waals surface area (Å²) in [5.41, 5.74) is 1.67. The fourth-order valence-corrected chi connectivity index (χ4v) is 2.46. The van der Waals surface area contributed by atoms with Gasteiger partial charge in [-0.3, -0.25) is 9.59 Å². The first-order chi connectivity index (χ1) is 9.58. The molecule has 1 aromatic rings. The monoisotopic (exact) mass is 295 g/mol. The zero-order valence-electron chi connectivity index (χ0n) is 11.9. The predicted molar refractivity (Wildman–Crippen MR) is 82.0 cm³/mol. The first-order valence-corrected chi connectivity index (χ1v) is 8.06. The molecule has 4 nitrogen and oxygen atoms in total. The third kappa shape index (κ3) is 5.25. The van der Waals surface area contributed by atoms with Crippen molar-refractivity contribution >= 4 is 23.6 Å². The Balaban J connectivity index is 2.61. The summed E-state index contributed by atoms with van der Waals surface area (Å²) in [5, 5.41) is 11.8. The van der Waals surface area contributed by atoms with Crippen LogP contribution in [0.4, 0.5) is 0 Å². The molecule has 5 heteroatoms. The van der Waals surface area contributed by atoms with Crippen molar-refractivity contribution in [3.05, 3.63) is 35.4 Å². The molecule has 0 spiro atoms. The second kappa shape index (κ2) is 8.64. The van der Waals surface area contributed by atoms with Crippen molar-refractivity contribution in [1.29, 1.82) is 0 Å². The Hall–Kier alpha value is -1.49. The number of carboxylic acids is 1. The molecular formula is C15H21NO3S. The largest absolute Gasteiger partial charge is 0.481 e. The fourth-order valence-electron chi connectivity index (χ4n) is 1.95. The van der Waals surface area contributed by atoms with Crippen LogP contribution in [0, 0.1) is 5.92 Å². The summed E-state index contributed by atoms with van der Waals surface area (Å²) in [6.07, 6.45) is 3.37. The lowest BCUT2D eigenvalue weighted by molar-refractivity contribution is -0.141. The lowest BCUT2D eigenvalue weighted by Gasteiger charge is -2.12. The molecule has 0 fully saturated rings. The van der Waals surface area contributed by atoms with Gasteiger partial charge in [0.1, 0.15) is 0 Å². The van der Waals surface area contributed by atoms with E-state index in [1.807, 2.05) is 31.4 Å². The second-order valence-corrected chi connectivity index (χ2v) is 5.53. The summed E-state index contributed by atoms with van der Waals surface area (Å²) < 4.78 is 0. The molecule has 0 aliphatic heterocycles. The van der Waals surface area contributed by atoms with Crippen LogP contribution in [0.2, 0.25) is 0 Å². The number of nitrogens with one attached hydrogen (secondary N) is 1. The number of carboxylic acid groups (broad SMARTS) is 1. The first-order valence-electron chi connectivity index (χ1n) is 6.67. The highest BCUT2D eigenvalue weighted by molar-refractivity contribution is 7.97. The van der Waals surface area contributed by atoms with Gasteiger partial charge in [-0.2, -0.15) is 11.8 Å². The Morgan fingerprint density at radius 1 is 1.40 bits per heavy atom. The fraction of sp³-hybridized carbons (Fsp3) is 0.467. The van der Waals surface area contributed by atoms with Gasteiger partial charge < -0.3 is 10.4 Å². The molecule has 1 aromatic carbocycles. The van der Waals surface area contributed by atoms with E-state index in [2.05, 4.69) is 5.32 Å². The van der Waals surface area contributed by atoms with Gasteiger partial charge in [-0.1, -0.05) is 25.5 Å². The molecule has 0 bridgehead atoms. The Bertz CT molecular complexity index is 462. The molecule has 0 aliphatic carbocycles. The smallest absolute Gasteiger partial charge is 0.308 e. The summed E-state index contributed by atoms with van der Waals surface area (Å²) in [7, 11) is 0. The molecule has 0 saturated heterocycles. The van der Waals surface area contributed by atoms with E-state index in [0.29, 0.717) is 12.0 Å². The van der Waals surface area contributed by atoms with Gasteiger partial charge in [-0.05, 0) is 30.4 Å². The number of carbonyl (C=O) groups excluding carboxylic acids is 1. The first kappa shape index (κ1) is 16.6. The number of aliphatic carboxylic acids is 1. The molecule has 0 aliphatic rings. The molecule has 1 amide bonds. The lowest BCUT2D eigenvalue weighted by Crippen LogP contribution is -2.32. The van der Waals surface area contributed by atoms with Crippen molar-refractivity contribution in [3.8, 4) is 0 Å². The standard InChI is InChI=1S/C15H21NO3S/c1-3-5-13(15(18)19)9-16-14(17)12-7-4-6-11(8-12)10-20-2/h4,6-8,13H,3,5,9-10H2,1-2H3,(H,16,17)(H,18,19). The van der Waals surface area contributed by atoms with Crippen LogP contribution < -0.4 is 5.32 Å². The van der Waals surface area contributed by atoms with Crippen LogP contribution in [0.25, 0.3) is 0 Å². The van der Waals surface area contributed by atoms with Crippen molar-refractivity contribution in [2.45, 2.75) is 25.5 Å². The number of benzene rings is 1. The maximum Gasteiger partial charge on any atom is 0.308 e. The average Bonchev–Trinajstić information content (AvgIpc) is 2.43. The minimum absolute atomic E-state index is 0.175. The molecule has 0 saturated carbocycles. The van der Waals surface area contributed by atoms with Gasteiger partial charge in [0.25, 0.3) is 5.91 Å². The predicted octanol–water partition coefficient (Wildman–Crippen LogP) is 2.78. The number of carbonyl (C=O) groups is 2. The van der Waals surface area contributed by atoms with E-state index in [4.69, 9.17) is 5.11 Å².